The van der Waals surface area contributed by atoms with Gasteiger partial charge in [0.1, 0.15) is 6.04 Å². The molecule has 0 spiro atoms. The lowest BCUT2D eigenvalue weighted by molar-refractivity contribution is -0.167. The highest BCUT2D eigenvalue weighted by Gasteiger charge is 2.43. The minimum Gasteiger partial charge on any atom is -0.479 e. The van der Waals surface area contributed by atoms with Crippen LogP contribution in [0.1, 0.15) is 61.5 Å². The van der Waals surface area contributed by atoms with E-state index < -0.39 is 23.5 Å². The van der Waals surface area contributed by atoms with Gasteiger partial charge in [0.15, 0.2) is 6.10 Å². The molecule has 9 nitrogen and oxygen atoms in total. The number of carboxylic acid groups (broad SMARTS) is 1. The summed E-state index contributed by atoms with van der Waals surface area (Å²) in [7, 11) is 0. The first kappa shape index (κ1) is 29.2. The van der Waals surface area contributed by atoms with Crippen LogP contribution in [0.3, 0.4) is 0 Å². The van der Waals surface area contributed by atoms with Crippen molar-refractivity contribution in [3.63, 3.8) is 0 Å². The van der Waals surface area contributed by atoms with E-state index in [1.807, 2.05) is 51.1 Å². The second-order valence-electron chi connectivity index (χ2n) is 11.6. The van der Waals surface area contributed by atoms with Crippen LogP contribution in [0.15, 0.2) is 54.6 Å². The van der Waals surface area contributed by atoms with E-state index in [0.717, 1.165) is 5.56 Å². The summed E-state index contributed by atoms with van der Waals surface area (Å²) in [6, 6.07) is 17.5. The van der Waals surface area contributed by atoms with Crippen LogP contribution in [-0.4, -0.2) is 76.7 Å². The van der Waals surface area contributed by atoms with Crippen molar-refractivity contribution in [3.8, 4) is 6.07 Å². The van der Waals surface area contributed by atoms with Crippen molar-refractivity contribution in [2.24, 2.45) is 5.41 Å². The molecule has 1 N–H and O–H groups in total. The van der Waals surface area contributed by atoms with Crippen LogP contribution in [-0.2, 0) is 25.7 Å². The molecule has 4 rings (SSSR count). The van der Waals surface area contributed by atoms with Gasteiger partial charge < -0.3 is 24.4 Å². The fraction of sp³-hybridized carbons (Fsp3) is 0.484. The number of nitriles is 1. The standard InChI is InChI=1S/C31H37N3O6/c1-31(2,3)27(30(37)38)40-24-13-15-33(16-14-24)29(36)26-17-25(39-20-22-7-5-4-6-8-22)19-34(26)28(35)23-11-9-21(18-32)10-12-23/h4-12,24-27H,13-17,19-20H2,1-3H3,(H,37,38)/t25-,26+,27?/m1/s1. The number of carbonyl (C=O) groups excluding carboxylic acids is 2. The zero-order chi connectivity index (χ0) is 28.9. The van der Waals surface area contributed by atoms with Crippen LogP contribution in [0.4, 0.5) is 0 Å². The molecule has 2 aromatic carbocycles. The SMILES string of the molecule is CC(C)(C)C(OC1CCN(C(=O)[C@@H]2C[C@@H](OCc3ccccc3)CN2C(=O)c2ccc(C#N)cc2)CC1)C(=O)O. The number of likely N-dealkylation sites (tertiary alicyclic amines) is 2. The minimum atomic E-state index is -0.990. The summed E-state index contributed by atoms with van der Waals surface area (Å²) < 4.78 is 12.1. The Labute approximate surface area is 235 Å². The van der Waals surface area contributed by atoms with Gasteiger partial charge in [-0.25, -0.2) is 4.79 Å². The predicted molar refractivity (Wildman–Crippen MR) is 147 cm³/mol. The number of ether oxygens (including phenoxy) is 2. The number of hydrogen-bond acceptors (Lipinski definition) is 6. The summed E-state index contributed by atoms with van der Waals surface area (Å²) in [5, 5.41) is 18.7. The molecular weight excluding hydrogens is 510 g/mol. The Morgan fingerprint density at radius 2 is 1.68 bits per heavy atom. The highest BCUT2D eigenvalue weighted by molar-refractivity contribution is 5.98. The number of hydrogen-bond donors (Lipinski definition) is 1. The lowest BCUT2D eigenvalue weighted by Gasteiger charge is -2.37. The fourth-order valence-electron chi connectivity index (χ4n) is 5.27. The van der Waals surface area contributed by atoms with Crippen LogP contribution < -0.4 is 0 Å². The van der Waals surface area contributed by atoms with Crippen molar-refractivity contribution in [3.05, 3.63) is 71.3 Å². The molecule has 0 saturated carbocycles. The second-order valence-corrected chi connectivity index (χ2v) is 11.6. The van der Waals surface area contributed by atoms with Gasteiger partial charge in [0.25, 0.3) is 5.91 Å². The van der Waals surface area contributed by atoms with Crippen LogP contribution in [0, 0.1) is 16.7 Å². The summed E-state index contributed by atoms with van der Waals surface area (Å²) in [5.74, 6) is -1.41. The van der Waals surface area contributed by atoms with Crippen molar-refractivity contribution in [2.75, 3.05) is 19.6 Å². The van der Waals surface area contributed by atoms with Crippen LogP contribution in [0.2, 0.25) is 0 Å². The molecule has 2 aliphatic heterocycles. The van der Waals surface area contributed by atoms with E-state index in [2.05, 4.69) is 6.07 Å². The molecule has 3 atom stereocenters. The molecule has 2 saturated heterocycles. The Kier molecular flexibility index (Phi) is 9.23. The molecule has 2 fully saturated rings. The number of carboxylic acids is 1. The van der Waals surface area contributed by atoms with Gasteiger partial charge in [-0.3, -0.25) is 9.59 Å². The first-order valence-electron chi connectivity index (χ1n) is 13.7. The number of aliphatic carboxylic acids is 1. The zero-order valence-corrected chi connectivity index (χ0v) is 23.3. The Hall–Kier alpha value is -3.74. The minimum absolute atomic E-state index is 0.142. The van der Waals surface area contributed by atoms with Gasteiger partial charge in [-0.15, -0.1) is 0 Å². The van der Waals surface area contributed by atoms with Crippen molar-refractivity contribution >= 4 is 17.8 Å². The van der Waals surface area contributed by atoms with E-state index in [1.54, 1.807) is 34.1 Å². The Bertz CT molecular complexity index is 1230. The third kappa shape index (κ3) is 7.06. The summed E-state index contributed by atoms with van der Waals surface area (Å²) in [5.41, 5.74) is 1.33. The molecule has 0 radical (unpaired) electrons. The van der Waals surface area contributed by atoms with Gasteiger partial charge in [-0.2, -0.15) is 5.26 Å². The average molecular weight is 548 g/mol. The molecule has 9 heteroatoms. The summed E-state index contributed by atoms with van der Waals surface area (Å²) >= 11 is 0. The monoisotopic (exact) mass is 547 g/mol. The first-order valence-corrected chi connectivity index (χ1v) is 13.7. The molecule has 0 bridgehead atoms. The van der Waals surface area contributed by atoms with Crippen molar-refractivity contribution in [1.29, 1.82) is 5.26 Å². The van der Waals surface area contributed by atoms with E-state index in [9.17, 15) is 19.5 Å². The number of nitrogens with zero attached hydrogens (tertiary/aromatic N) is 3. The second kappa shape index (κ2) is 12.6. The molecule has 212 valence electrons. The normalized spacial score (nSPS) is 20.6. The third-order valence-electron chi connectivity index (χ3n) is 7.49. The average Bonchev–Trinajstić information content (AvgIpc) is 3.38. The van der Waals surface area contributed by atoms with Gasteiger partial charge in [0.2, 0.25) is 5.91 Å². The highest BCUT2D eigenvalue weighted by atomic mass is 16.5. The quantitative estimate of drug-likeness (QED) is 0.533. The predicted octanol–water partition coefficient (Wildman–Crippen LogP) is 3.87. The van der Waals surface area contributed by atoms with E-state index >= 15 is 0 Å². The number of benzene rings is 2. The number of rotatable bonds is 8. The zero-order valence-electron chi connectivity index (χ0n) is 23.3. The maximum absolute atomic E-state index is 13.8. The van der Waals surface area contributed by atoms with Gasteiger partial charge in [-0.1, -0.05) is 51.1 Å². The molecule has 2 heterocycles. The van der Waals surface area contributed by atoms with Gasteiger partial charge in [-0.05, 0) is 48.1 Å². The molecular formula is C31H37N3O6. The number of piperidine rings is 1. The van der Waals surface area contributed by atoms with Crippen LogP contribution >= 0.6 is 0 Å². The molecule has 2 amide bonds. The third-order valence-corrected chi connectivity index (χ3v) is 7.49. The summed E-state index contributed by atoms with van der Waals surface area (Å²) in [6.07, 6.45) is -0.0645. The molecule has 40 heavy (non-hydrogen) atoms. The number of amides is 2. The molecule has 0 aliphatic carbocycles. The van der Waals surface area contributed by atoms with E-state index in [1.165, 1.54) is 0 Å². The molecule has 2 aromatic rings. The smallest absolute Gasteiger partial charge is 0.333 e. The van der Waals surface area contributed by atoms with Gasteiger partial charge in [0.05, 0.1) is 30.4 Å². The van der Waals surface area contributed by atoms with Crippen molar-refractivity contribution < 1.29 is 29.0 Å². The number of carbonyl (C=O) groups is 3. The van der Waals surface area contributed by atoms with E-state index in [0.29, 0.717) is 50.1 Å². The Morgan fingerprint density at radius 3 is 2.25 bits per heavy atom. The van der Waals surface area contributed by atoms with Crippen molar-refractivity contribution in [1.82, 2.24) is 9.80 Å². The van der Waals surface area contributed by atoms with Crippen molar-refractivity contribution in [2.45, 2.75) is 71.0 Å². The molecule has 2 aliphatic rings. The summed E-state index contributed by atoms with van der Waals surface area (Å²) in [4.78, 5) is 42.4. The largest absolute Gasteiger partial charge is 0.479 e. The van der Waals surface area contributed by atoms with E-state index in [4.69, 9.17) is 14.7 Å². The van der Waals surface area contributed by atoms with Crippen LogP contribution in [0.5, 0.6) is 0 Å². The molecule has 0 aromatic heterocycles. The van der Waals surface area contributed by atoms with Gasteiger partial charge >= 0.3 is 5.97 Å². The fourth-order valence-corrected chi connectivity index (χ4v) is 5.27. The lowest BCUT2D eigenvalue weighted by atomic mass is 9.88. The molecule has 1 unspecified atom stereocenters. The highest BCUT2D eigenvalue weighted by Crippen LogP contribution is 2.29. The van der Waals surface area contributed by atoms with E-state index in [-0.39, 0.29) is 30.6 Å². The van der Waals surface area contributed by atoms with Gasteiger partial charge in [0, 0.05) is 31.6 Å². The Balaban J connectivity index is 1.44. The Morgan fingerprint density at radius 1 is 1.02 bits per heavy atom. The lowest BCUT2D eigenvalue weighted by Crippen LogP contribution is -2.51. The first-order chi connectivity index (χ1) is 19.1. The maximum Gasteiger partial charge on any atom is 0.333 e. The summed E-state index contributed by atoms with van der Waals surface area (Å²) in [6.45, 7) is 7.01. The van der Waals surface area contributed by atoms with Crippen LogP contribution in [0.25, 0.3) is 0 Å². The maximum atomic E-state index is 13.8. The topological polar surface area (TPSA) is 120 Å².